The minimum absolute atomic E-state index is 0.118. The van der Waals surface area contributed by atoms with E-state index in [2.05, 4.69) is 12.2 Å². The third kappa shape index (κ3) is 4.96. The van der Waals surface area contributed by atoms with Gasteiger partial charge in [-0.2, -0.15) is 13.2 Å². The Morgan fingerprint density at radius 3 is 2.38 bits per heavy atom. The summed E-state index contributed by atoms with van der Waals surface area (Å²) in [4.78, 5) is 25.0. The van der Waals surface area contributed by atoms with Crippen LogP contribution in [0.25, 0.3) is 11.1 Å². The van der Waals surface area contributed by atoms with Crippen LogP contribution in [-0.2, 0) is 17.6 Å². The van der Waals surface area contributed by atoms with Gasteiger partial charge in [0.25, 0.3) is 5.91 Å². The topological polar surface area (TPSA) is 86.6 Å². The molecule has 0 saturated heterocycles. The van der Waals surface area contributed by atoms with Crippen LogP contribution < -0.4 is 5.32 Å². The van der Waals surface area contributed by atoms with Crippen LogP contribution in [0.2, 0.25) is 0 Å². The number of aliphatic carboxylic acids is 1. The number of alkyl halides is 3. The van der Waals surface area contributed by atoms with Crippen LogP contribution >= 0.6 is 0 Å². The smallest absolute Gasteiger partial charge is 0.416 e. The third-order valence-electron chi connectivity index (χ3n) is 6.34. The van der Waals surface area contributed by atoms with Crippen LogP contribution in [0.5, 0.6) is 0 Å². The van der Waals surface area contributed by atoms with Gasteiger partial charge in [-0.15, -0.1) is 0 Å². The highest BCUT2D eigenvalue weighted by Gasteiger charge is 2.43. The van der Waals surface area contributed by atoms with E-state index in [1.165, 1.54) is 30.3 Å². The molecule has 0 unspecified atom stereocenters. The Morgan fingerprint density at radius 2 is 1.81 bits per heavy atom. The Morgan fingerprint density at radius 1 is 1.12 bits per heavy atom. The molecule has 5 nitrogen and oxygen atoms in total. The van der Waals surface area contributed by atoms with Gasteiger partial charge < -0.3 is 15.5 Å². The monoisotopic (exact) mass is 449 g/mol. The van der Waals surface area contributed by atoms with Crippen LogP contribution in [0.1, 0.15) is 60.5 Å². The van der Waals surface area contributed by atoms with E-state index >= 15 is 0 Å². The maximum atomic E-state index is 13.1. The number of rotatable bonds is 6. The molecule has 1 amide bonds. The molecule has 0 aliphatic heterocycles. The number of carboxylic acids is 1. The number of carbonyl (C=O) groups is 2. The lowest BCUT2D eigenvalue weighted by Crippen LogP contribution is -2.56. The Balaban J connectivity index is 1.93. The predicted molar refractivity (Wildman–Crippen MR) is 113 cm³/mol. The summed E-state index contributed by atoms with van der Waals surface area (Å²) in [5.41, 5.74) is -1.24. The van der Waals surface area contributed by atoms with Gasteiger partial charge in [0.1, 0.15) is 5.54 Å². The second-order valence-corrected chi connectivity index (χ2v) is 8.30. The van der Waals surface area contributed by atoms with Gasteiger partial charge in [0.05, 0.1) is 12.2 Å². The summed E-state index contributed by atoms with van der Waals surface area (Å²) in [5.74, 6) is -1.28. The maximum Gasteiger partial charge on any atom is 0.416 e. The van der Waals surface area contributed by atoms with Crippen molar-refractivity contribution in [3.63, 3.8) is 0 Å². The molecular weight excluding hydrogens is 423 g/mol. The van der Waals surface area contributed by atoms with Crippen molar-refractivity contribution >= 4 is 11.9 Å². The fraction of sp³-hybridized carbons (Fsp3) is 0.417. The summed E-state index contributed by atoms with van der Waals surface area (Å²) < 4.78 is 39.4. The van der Waals surface area contributed by atoms with Gasteiger partial charge in [-0.1, -0.05) is 31.5 Å². The SMILES string of the molecule is CC[C@H]1CC[C@](NC(=O)c2ccc(CO)c(-c3cccc(C(F)(F)F)c3)c2)(C(=O)O)CC1. The molecule has 0 bridgehead atoms. The number of hydrogen-bond acceptors (Lipinski definition) is 3. The molecule has 0 radical (unpaired) electrons. The van der Waals surface area contributed by atoms with Gasteiger partial charge >= 0.3 is 12.1 Å². The van der Waals surface area contributed by atoms with Crippen molar-refractivity contribution in [2.75, 3.05) is 0 Å². The number of aliphatic hydroxyl groups is 1. The van der Waals surface area contributed by atoms with Gasteiger partial charge in [0.2, 0.25) is 0 Å². The molecule has 32 heavy (non-hydrogen) atoms. The van der Waals surface area contributed by atoms with Gasteiger partial charge in [0.15, 0.2) is 0 Å². The van der Waals surface area contributed by atoms with E-state index < -0.39 is 35.8 Å². The van der Waals surface area contributed by atoms with Crippen LogP contribution in [0.15, 0.2) is 42.5 Å². The highest BCUT2D eigenvalue weighted by Crippen LogP contribution is 2.36. The number of benzene rings is 2. The minimum atomic E-state index is -4.53. The summed E-state index contributed by atoms with van der Waals surface area (Å²) in [5, 5.41) is 22.1. The van der Waals surface area contributed by atoms with Crippen molar-refractivity contribution in [2.45, 2.75) is 57.3 Å². The van der Waals surface area contributed by atoms with Crippen molar-refractivity contribution < 1.29 is 33.0 Å². The first-order chi connectivity index (χ1) is 15.1. The van der Waals surface area contributed by atoms with Crippen molar-refractivity contribution in [2.24, 2.45) is 5.92 Å². The van der Waals surface area contributed by atoms with Gasteiger partial charge in [0, 0.05) is 5.56 Å². The highest BCUT2D eigenvalue weighted by molar-refractivity contribution is 5.99. The molecule has 0 aromatic heterocycles. The standard InChI is InChI=1S/C24H26F3NO4/c1-2-15-8-10-23(11-9-15,22(31)32)28-21(30)17-6-7-18(14-29)20(13-17)16-4-3-5-19(12-16)24(25,26)27/h3-7,12-13,15,29H,2,8-11,14H2,1H3,(H,28,30)(H,31,32)/t15-,23+. The molecule has 1 fully saturated rings. The van der Waals surface area contributed by atoms with Crippen LogP contribution in [0, 0.1) is 5.92 Å². The summed E-state index contributed by atoms with van der Waals surface area (Å²) in [6, 6.07) is 8.93. The molecule has 3 N–H and O–H groups in total. The van der Waals surface area contributed by atoms with E-state index in [9.17, 15) is 33.0 Å². The van der Waals surface area contributed by atoms with E-state index in [0.29, 0.717) is 37.2 Å². The van der Waals surface area contributed by atoms with E-state index in [1.807, 2.05) is 0 Å². The van der Waals surface area contributed by atoms with Crippen molar-refractivity contribution in [3.8, 4) is 11.1 Å². The first-order valence-electron chi connectivity index (χ1n) is 10.6. The molecule has 0 atom stereocenters. The second kappa shape index (κ2) is 9.32. The summed E-state index contributed by atoms with van der Waals surface area (Å²) in [6.07, 6.45) is -1.55. The zero-order chi connectivity index (χ0) is 23.5. The van der Waals surface area contributed by atoms with Crippen LogP contribution in [0.4, 0.5) is 13.2 Å². The first kappa shape index (κ1) is 23.8. The zero-order valence-corrected chi connectivity index (χ0v) is 17.7. The summed E-state index contributed by atoms with van der Waals surface area (Å²) >= 11 is 0. The molecule has 2 aromatic carbocycles. The number of amides is 1. The van der Waals surface area contributed by atoms with Crippen LogP contribution in [0.3, 0.4) is 0 Å². The third-order valence-corrected chi connectivity index (χ3v) is 6.34. The largest absolute Gasteiger partial charge is 0.480 e. The molecule has 3 rings (SSSR count). The Labute approximate surface area is 184 Å². The fourth-order valence-corrected chi connectivity index (χ4v) is 4.25. The quantitative estimate of drug-likeness (QED) is 0.578. The number of nitrogens with one attached hydrogen (secondary N) is 1. The molecule has 0 heterocycles. The first-order valence-corrected chi connectivity index (χ1v) is 10.6. The molecule has 1 saturated carbocycles. The summed E-state index contributed by atoms with van der Waals surface area (Å²) in [6.45, 7) is 1.62. The number of aliphatic hydroxyl groups excluding tert-OH is 1. The number of halogens is 3. The van der Waals surface area contributed by atoms with Crippen molar-refractivity contribution in [1.29, 1.82) is 0 Å². The Bertz CT molecular complexity index is 995. The van der Waals surface area contributed by atoms with E-state index in [-0.39, 0.29) is 16.7 Å². The lowest BCUT2D eigenvalue weighted by atomic mass is 9.75. The number of carboxylic acid groups (broad SMARTS) is 1. The number of hydrogen-bond donors (Lipinski definition) is 3. The molecule has 172 valence electrons. The van der Waals surface area contributed by atoms with E-state index in [0.717, 1.165) is 18.6 Å². The fourth-order valence-electron chi connectivity index (χ4n) is 4.25. The lowest BCUT2D eigenvalue weighted by molar-refractivity contribution is -0.146. The summed E-state index contributed by atoms with van der Waals surface area (Å²) in [7, 11) is 0. The Kier molecular flexibility index (Phi) is 6.93. The average molecular weight is 449 g/mol. The van der Waals surface area contributed by atoms with Crippen molar-refractivity contribution in [3.05, 3.63) is 59.2 Å². The second-order valence-electron chi connectivity index (χ2n) is 8.30. The zero-order valence-electron chi connectivity index (χ0n) is 17.7. The molecule has 0 spiro atoms. The molecule has 2 aromatic rings. The molecule has 1 aliphatic carbocycles. The van der Waals surface area contributed by atoms with E-state index in [4.69, 9.17) is 0 Å². The lowest BCUT2D eigenvalue weighted by Gasteiger charge is -2.37. The van der Waals surface area contributed by atoms with Gasteiger partial charge in [-0.25, -0.2) is 4.79 Å². The molecule has 8 heteroatoms. The average Bonchev–Trinajstić information content (AvgIpc) is 2.78. The van der Waals surface area contributed by atoms with Gasteiger partial charge in [-0.05, 0) is 72.6 Å². The predicted octanol–water partition coefficient (Wildman–Crippen LogP) is 5.02. The van der Waals surface area contributed by atoms with Crippen molar-refractivity contribution in [1.82, 2.24) is 5.32 Å². The molecule has 1 aliphatic rings. The number of carbonyl (C=O) groups excluding carboxylic acids is 1. The van der Waals surface area contributed by atoms with Gasteiger partial charge in [-0.3, -0.25) is 4.79 Å². The molecular formula is C24H26F3NO4. The minimum Gasteiger partial charge on any atom is -0.480 e. The Hall–Kier alpha value is -2.87. The van der Waals surface area contributed by atoms with Crippen LogP contribution in [-0.4, -0.2) is 27.6 Å². The highest BCUT2D eigenvalue weighted by atomic mass is 19.4. The maximum absolute atomic E-state index is 13.1. The van der Waals surface area contributed by atoms with E-state index in [1.54, 1.807) is 0 Å². The normalized spacial score (nSPS) is 21.2.